The smallest absolute Gasteiger partial charge is 0.244 e. The number of hydrogen-bond acceptors (Lipinski definition) is 4. The molecule has 1 N–H and O–H groups in total. The minimum atomic E-state index is -3.90. The first kappa shape index (κ1) is 28.9. The molecule has 0 saturated carbocycles. The van der Waals surface area contributed by atoms with E-state index in [0.717, 1.165) is 22.7 Å². The Morgan fingerprint density at radius 1 is 1.09 bits per heavy atom. The van der Waals surface area contributed by atoms with Crippen molar-refractivity contribution in [3.63, 3.8) is 0 Å². The molecule has 0 radical (unpaired) electrons. The zero-order valence-electron chi connectivity index (χ0n) is 20.1. The number of rotatable bonds is 11. The van der Waals surface area contributed by atoms with Gasteiger partial charge in [0.05, 0.1) is 11.9 Å². The minimum absolute atomic E-state index is 0.0382. The molecule has 2 amide bonds. The summed E-state index contributed by atoms with van der Waals surface area (Å²) in [5.74, 6) is -1.31. The third-order valence-corrected chi connectivity index (χ3v) is 6.95. The molecule has 2 aromatic rings. The Hall–Kier alpha value is -2.36. The predicted octanol–water partition coefficient (Wildman–Crippen LogP) is 4.48. The largest absolute Gasteiger partial charge is 0.354 e. The van der Waals surface area contributed by atoms with E-state index in [-0.39, 0.29) is 30.5 Å². The topological polar surface area (TPSA) is 86.8 Å². The van der Waals surface area contributed by atoms with Crippen molar-refractivity contribution in [3.8, 4) is 0 Å². The fourth-order valence-electron chi connectivity index (χ4n) is 3.40. The number of carbonyl (C=O) groups excluding carboxylic acids is 2. The van der Waals surface area contributed by atoms with Gasteiger partial charge in [0.15, 0.2) is 0 Å². The van der Waals surface area contributed by atoms with Gasteiger partial charge in [0, 0.05) is 23.1 Å². The maximum Gasteiger partial charge on any atom is 0.244 e. The highest BCUT2D eigenvalue weighted by Gasteiger charge is 2.32. The van der Waals surface area contributed by atoms with E-state index >= 15 is 0 Å². The molecular formula is C24H30Cl2FN3O4S. The molecule has 0 spiro atoms. The average molecular weight is 546 g/mol. The van der Waals surface area contributed by atoms with Gasteiger partial charge in [-0.3, -0.25) is 13.9 Å². The van der Waals surface area contributed by atoms with Crippen LogP contribution in [0.15, 0.2) is 42.5 Å². The molecule has 0 aliphatic rings. The second kappa shape index (κ2) is 12.6. The lowest BCUT2D eigenvalue weighted by Crippen LogP contribution is -2.52. The summed E-state index contributed by atoms with van der Waals surface area (Å²) in [5, 5.41) is 3.57. The van der Waals surface area contributed by atoms with Crippen LogP contribution in [0.2, 0.25) is 10.0 Å². The molecule has 0 aromatic heterocycles. The molecule has 0 saturated heterocycles. The number of halogens is 3. The summed E-state index contributed by atoms with van der Waals surface area (Å²) in [5.41, 5.74) is 0.677. The Morgan fingerprint density at radius 2 is 1.71 bits per heavy atom. The van der Waals surface area contributed by atoms with Crippen LogP contribution in [-0.4, -0.2) is 50.5 Å². The number of nitrogens with one attached hydrogen (secondary N) is 1. The van der Waals surface area contributed by atoms with Crippen LogP contribution in [0.25, 0.3) is 0 Å². The first-order chi connectivity index (χ1) is 16.3. The molecule has 11 heteroatoms. The van der Waals surface area contributed by atoms with Crippen LogP contribution in [0.3, 0.4) is 0 Å². The molecule has 0 unspecified atom stereocenters. The van der Waals surface area contributed by atoms with Crippen LogP contribution in [0.1, 0.15) is 32.8 Å². The molecule has 0 bridgehead atoms. The number of carbonyl (C=O) groups is 2. The summed E-state index contributed by atoms with van der Waals surface area (Å²) < 4.78 is 39.3. The maximum absolute atomic E-state index is 13.6. The van der Waals surface area contributed by atoms with E-state index in [1.807, 2.05) is 13.8 Å². The normalized spacial score (nSPS) is 12.3. The van der Waals surface area contributed by atoms with Crippen molar-refractivity contribution in [1.82, 2.24) is 10.2 Å². The summed E-state index contributed by atoms with van der Waals surface area (Å²) >= 11 is 12.3. The van der Waals surface area contributed by atoms with Gasteiger partial charge in [-0.15, -0.1) is 0 Å². The van der Waals surface area contributed by atoms with Gasteiger partial charge in [-0.1, -0.05) is 50.0 Å². The van der Waals surface area contributed by atoms with E-state index < -0.39 is 34.3 Å². The number of sulfonamides is 1. The highest BCUT2D eigenvalue weighted by Crippen LogP contribution is 2.25. The van der Waals surface area contributed by atoms with Gasteiger partial charge in [-0.25, -0.2) is 12.8 Å². The Labute approximate surface area is 216 Å². The standard InChI is InChI=1S/C24H30Cl2FN3O4S/c1-5-22(24(32)28-13-16(2)3)29(14-17-6-7-18(25)12-21(17)26)23(31)15-30(35(4,33)34)20-10-8-19(27)9-11-20/h6-12,16,22H,5,13-15H2,1-4H3,(H,28,32)/t22-/m0/s1. The van der Waals surface area contributed by atoms with Crippen LogP contribution in [0.5, 0.6) is 0 Å². The van der Waals surface area contributed by atoms with Gasteiger partial charge in [0.25, 0.3) is 0 Å². The summed E-state index contributed by atoms with van der Waals surface area (Å²) in [6, 6.07) is 8.69. The highest BCUT2D eigenvalue weighted by atomic mass is 35.5. The van der Waals surface area contributed by atoms with E-state index in [9.17, 15) is 22.4 Å². The van der Waals surface area contributed by atoms with Gasteiger partial charge in [0.1, 0.15) is 18.4 Å². The van der Waals surface area contributed by atoms with Crippen LogP contribution in [0.4, 0.5) is 10.1 Å². The van der Waals surface area contributed by atoms with E-state index in [2.05, 4.69) is 5.32 Å². The number of amides is 2. The molecule has 0 fully saturated rings. The monoisotopic (exact) mass is 545 g/mol. The van der Waals surface area contributed by atoms with Crippen molar-refractivity contribution < 1.29 is 22.4 Å². The Kier molecular flexibility index (Phi) is 10.4. The van der Waals surface area contributed by atoms with Crippen molar-refractivity contribution >= 4 is 50.7 Å². The molecule has 2 aromatic carbocycles. The molecule has 0 aliphatic carbocycles. The first-order valence-corrected chi connectivity index (χ1v) is 13.7. The molecule has 192 valence electrons. The molecule has 2 rings (SSSR count). The van der Waals surface area contributed by atoms with Crippen molar-refractivity contribution in [2.24, 2.45) is 5.92 Å². The second-order valence-corrected chi connectivity index (χ2v) is 11.3. The molecule has 0 aliphatic heterocycles. The third kappa shape index (κ3) is 8.37. The Balaban J connectivity index is 2.44. The first-order valence-electron chi connectivity index (χ1n) is 11.1. The lowest BCUT2D eigenvalue weighted by Gasteiger charge is -2.33. The zero-order valence-corrected chi connectivity index (χ0v) is 22.4. The molecule has 7 nitrogen and oxygen atoms in total. The molecule has 35 heavy (non-hydrogen) atoms. The summed E-state index contributed by atoms with van der Waals surface area (Å²) in [6.45, 7) is 5.46. The molecular weight excluding hydrogens is 516 g/mol. The predicted molar refractivity (Wildman–Crippen MR) is 138 cm³/mol. The van der Waals surface area contributed by atoms with Crippen LogP contribution >= 0.6 is 23.2 Å². The molecule has 0 heterocycles. The van der Waals surface area contributed by atoms with Gasteiger partial charge in [-0.2, -0.15) is 0 Å². The van der Waals surface area contributed by atoms with E-state index in [4.69, 9.17) is 23.2 Å². The fourth-order valence-corrected chi connectivity index (χ4v) is 4.71. The van der Waals surface area contributed by atoms with E-state index in [1.54, 1.807) is 19.1 Å². The van der Waals surface area contributed by atoms with Crippen molar-refractivity contribution in [3.05, 3.63) is 63.9 Å². The van der Waals surface area contributed by atoms with Crippen molar-refractivity contribution in [2.75, 3.05) is 23.7 Å². The Morgan fingerprint density at radius 3 is 2.23 bits per heavy atom. The summed E-state index contributed by atoms with van der Waals surface area (Å²) in [7, 11) is -3.90. The lowest BCUT2D eigenvalue weighted by atomic mass is 10.1. The molecule has 1 atom stereocenters. The van der Waals surface area contributed by atoms with Gasteiger partial charge < -0.3 is 10.2 Å². The van der Waals surface area contributed by atoms with Crippen LogP contribution < -0.4 is 9.62 Å². The summed E-state index contributed by atoms with van der Waals surface area (Å²) in [6.07, 6.45) is 1.24. The third-order valence-electron chi connectivity index (χ3n) is 5.22. The van der Waals surface area contributed by atoms with E-state index in [0.29, 0.717) is 22.2 Å². The number of anilines is 1. The highest BCUT2D eigenvalue weighted by molar-refractivity contribution is 7.92. The van der Waals surface area contributed by atoms with Crippen molar-refractivity contribution in [1.29, 1.82) is 0 Å². The lowest BCUT2D eigenvalue weighted by molar-refractivity contribution is -0.140. The summed E-state index contributed by atoms with van der Waals surface area (Å²) in [4.78, 5) is 27.9. The SMILES string of the molecule is CC[C@@H](C(=O)NCC(C)C)N(Cc1ccc(Cl)cc1Cl)C(=O)CN(c1ccc(F)cc1)S(C)(=O)=O. The average Bonchev–Trinajstić information content (AvgIpc) is 2.77. The Bertz CT molecular complexity index is 1140. The quantitative estimate of drug-likeness (QED) is 0.451. The fraction of sp³-hybridized carbons (Fsp3) is 0.417. The van der Waals surface area contributed by atoms with Gasteiger partial charge in [0.2, 0.25) is 21.8 Å². The number of nitrogens with zero attached hydrogens (tertiary/aromatic N) is 2. The van der Waals surface area contributed by atoms with Crippen molar-refractivity contribution in [2.45, 2.75) is 39.8 Å². The maximum atomic E-state index is 13.6. The van der Waals surface area contributed by atoms with E-state index in [1.165, 1.54) is 23.1 Å². The van der Waals surface area contributed by atoms with Crippen LogP contribution in [-0.2, 0) is 26.2 Å². The van der Waals surface area contributed by atoms with Gasteiger partial charge >= 0.3 is 0 Å². The number of benzene rings is 2. The second-order valence-electron chi connectivity index (χ2n) is 8.57. The zero-order chi connectivity index (χ0) is 26.3. The van der Waals surface area contributed by atoms with Gasteiger partial charge in [-0.05, 0) is 54.3 Å². The van der Waals surface area contributed by atoms with Crippen LogP contribution in [0, 0.1) is 11.7 Å². The number of hydrogen-bond donors (Lipinski definition) is 1. The minimum Gasteiger partial charge on any atom is -0.354 e.